The second-order valence-electron chi connectivity index (χ2n) is 6.49. The first kappa shape index (κ1) is 18.9. The van der Waals surface area contributed by atoms with Gasteiger partial charge in [0.15, 0.2) is 0 Å². The molecular weight excluding hydrogens is 390 g/mol. The van der Waals surface area contributed by atoms with E-state index in [9.17, 15) is 14.7 Å². The average Bonchev–Trinajstić information content (AvgIpc) is 3.30. The Morgan fingerprint density at radius 2 is 1.72 bits per heavy atom. The van der Waals surface area contributed by atoms with Crippen molar-refractivity contribution in [1.29, 1.82) is 0 Å². The number of hydrogen-bond donors (Lipinski definition) is 2. The van der Waals surface area contributed by atoms with Gasteiger partial charge >= 0.3 is 5.97 Å². The smallest absolute Gasteiger partial charge is 0.335 e. The normalized spacial score (nSPS) is 13.9. The number of amides is 1. The lowest BCUT2D eigenvalue weighted by Crippen LogP contribution is -2.47. The Labute approximate surface area is 171 Å². The molecule has 1 saturated heterocycles. The van der Waals surface area contributed by atoms with Gasteiger partial charge < -0.3 is 20.2 Å². The molecule has 0 bridgehead atoms. The number of anilines is 3. The molecule has 3 heterocycles. The third kappa shape index (κ3) is 4.19. The van der Waals surface area contributed by atoms with Gasteiger partial charge in [0.05, 0.1) is 21.8 Å². The molecule has 9 heteroatoms. The minimum absolute atomic E-state index is 0.131. The maximum atomic E-state index is 12.5. The van der Waals surface area contributed by atoms with Crippen LogP contribution in [0.5, 0.6) is 0 Å². The van der Waals surface area contributed by atoms with Gasteiger partial charge in [0.25, 0.3) is 5.91 Å². The molecule has 0 aliphatic carbocycles. The summed E-state index contributed by atoms with van der Waals surface area (Å²) in [5, 5.41) is 14.0. The van der Waals surface area contributed by atoms with Gasteiger partial charge in [0.2, 0.25) is 5.95 Å². The monoisotopic (exact) mass is 409 g/mol. The fraction of sp³-hybridized carbons (Fsp3) is 0.200. The lowest BCUT2D eigenvalue weighted by atomic mass is 10.1. The summed E-state index contributed by atoms with van der Waals surface area (Å²) in [5.74, 6) is -0.589. The zero-order valence-electron chi connectivity index (χ0n) is 15.5. The minimum Gasteiger partial charge on any atom is -0.478 e. The van der Waals surface area contributed by atoms with E-state index in [0.717, 1.165) is 18.8 Å². The van der Waals surface area contributed by atoms with Crippen LogP contribution in [0.15, 0.2) is 54.2 Å². The number of piperazine rings is 1. The van der Waals surface area contributed by atoms with Gasteiger partial charge in [0.1, 0.15) is 0 Å². The van der Waals surface area contributed by atoms with Crippen LogP contribution in [-0.2, 0) is 0 Å². The summed E-state index contributed by atoms with van der Waals surface area (Å²) in [4.78, 5) is 37.3. The number of carboxylic acid groups (broad SMARTS) is 1. The molecule has 2 N–H and O–H groups in total. The van der Waals surface area contributed by atoms with Crippen molar-refractivity contribution in [2.75, 3.05) is 41.3 Å². The SMILES string of the molecule is O=C(O)c1ccc(N2CCN(c3ncccn3)CC2)c(NC(=O)c2cccs2)c1. The molecule has 0 spiro atoms. The number of aromatic carboxylic acids is 1. The maximum Gasteiger partial charge on any atom is 0.335 e. The number of carbonyl (C=O) groups excluding carboxylic acids is 1. The predicted octanol–water partition coefficient (Wildman–Crippen LogP) is 2.82. The first-order chi connectivity index (χ1) is 14.1. The molecule has 0 unspecified atom stereocenters. The van der Waals surface area contributed by atoms with Crippen molar-refractivity contribution in [3.63, 3.8) is 0 Å². The number of benzene rings is 1. The van der Waals surface area contributed by atoms with Crippen molar-refractivity contribution < 1.29 is 14.7 Å². The number of carboxylic acids is 1. The molecule has 1 fully saturated rings. The molecule has 1 aromatic carbocycles. The molecule has 29 heavy (non-hydrogen) atoms. The van der Waals surface area contributed by atoms with Crippen molar-refractivity contribution >= 4 is 40.5 Å². The summed E-state index contributed by atoms with van der Waals surface area (Å²) in [7, 11) is 0. The van der Waals surface area contributed by atoms with Gasteiger partial charge in [-0.3, -0.25) is 4.79 Å². The summed E-state index contributed by atoms with van der Waals surface area (Å²) in [6.45, 7) is 2.85. The zero-order chi connectivity index (χ0) is 20.2. The highest BCUT2D eigenvalue weighted by Crippen LogP contribution is 2.29. The predicted molar refractivity (Wildman–Crippen MR) is 112 cm³/mol. The third-order valence-corrected chi connectivity index (χ3v) is 5.56. The lowest BCUT2D eigenvalue weighted by molar-refractivity contribution is 0.0696. The van der Waals surface area contributed by atoms with E-state index >= 15 is 0 Å². The van der Waals surface area contributed by atoms with Crippen LogP contribution in [0.1, 0.15) is 20.0 Å². The maximum absolute atomic E-state index is 12.5. The van der Waals surface area contributed by atoms with Crippen LogP contribution in [0.4, 0.5) is 17.3 Å². The molecular formula is C20H19N5O3S. The molecule has 1 aliphatic rings. The number of thiophene rings is 1. The molecule has 1 amide bonds. The highest BCUT2D eigenvalue weighted by Gasteiger charge is 2.22. The van der Waals surface area contributed by atoms with E-state index < -0.39 is 5.97 Å². The molecule has 148 valence electrons. The molecule has 4 rings (SSSR count). The van der Waals surface area contributed by atoms with Gasteiger partial charge in [-0.1, -0.05) is 6.07 Å². The van der Waals surface area contributed by atoms with Gasteiger partial charge in [-0.2, -0.15) is 0 Å². The Hall–Kier alpha value is -3.46. The van der Waals surface area contributed by atoms with Crippen LogP contribution in [0.2, 0.25) is 0 Å². The number of aromatic nitrogens is 2. The topological polar surface area (TPSA) is 98.7 Å². The largest absolute Gasteiger partial charge is 0.478 e. The van der Waals surface area contributed by atoms with Crippen LogP contribution >= 0.6 is 11.3 Å². The Kier molecular flexibility index (Phi) is 5.39. The number of nitrogens with one attached hydrogen (secondary N) is 1. The van der Waals surface area contributed by atoms with Crippen LogP contribution in [0.25, 0.3) is 0 Å². The highest BCUT2D eigenvalue weighted by molar-refractivity contribution is 7.12. The molecule has 0 radical (unpaired) electrons. The van der Waals surface area contributed by atoms with E-state index in [1.807, 2.05) is 5.38 Å². The van der Waals surface area contributed by atoms with Crippen LogP contribution in [0.3, 0.4) is 0 Å². The number of hydrogen-bond acceptors (Lipinski definition) is 7. The Morgan fingerprint density at radius 3 is 2.38 bits per heavy atom. The van der Waals surface area contributed by atoms with Crippen molar-refractivity contribution in [2.45, 2.75) is 0 Å². The van der Waals surface area contributed by atoms with Crippen molar-refractivity contribution in [2.24, 2.45) is 0 Å². The van der Waals surface area contributed by atoms with Crippen molar-refractivity contribution in [3.8, 4) is 0 Å². The summed E-state index contributed by atoms with van der Waals surface area (Å²) in [6.07, 6.45) is 3.44. The summed E-state index contributed by atoms with van der Waals surface area (Å²) in [6, 6.07) is 10.1. The first-order valence-corrected chi connectivity index (χ1v) is 9.99. The molecule has 0 saturated carbocycles. The van der Waals surface area contributed by atoms with Crippen LogP contribution in [-0.4, -0.2) is 53.1 Å². The Morgan fingerprint density at radius 1 is 1.00 bits per heavy atom. The zero-order valence-corrected chi connectivity index (χ0v) is 16.3. The molecule has 1 aliphatic heterocycles. The minimum atomic E-state index is -1.03. The van der Waals surface area contributed by atoms with E-state index in [1.54, 1.807) is 42.7 Å². The van der Waals surface area contributed by atoms with E-state index in [-0.39, 0.29) is 11.5 Å². The van der Waals surface area contributed by atoms with E-state index in [0.29, 0.717) is 29.6 Å². The molecule has 0 atom stereocenters. The van der Waals surface area contributed by atoms with E-state index in [1.165, 1.54) is 17.4 Å². The second kappa shape index (κ2) is 8.27. The van der Waals surface area contributed by atoms with Crippen molar-refractivity contribution in [3.05, 3.63) is 64.6 Å². The lowest BCUT2D eigenvalue weighted by Gasteiger charge is -2.37. The average molecular weight is 409 g/mol. The summed E-state index contributed by atoms with van der Waals surface area (Å²) < 4.78 is 0. The van der Waals surface area contributed by atoms with E-state index in [2.05, 4.69) is 25.1 Å². The van der Waals surface area contributed by atoms with Gasteiger partial charge in [-0.15, -0.1) is 11.3 Å². The second-order valence-corrected chi connectivity index (χ2v) is 7.44. The standard InChI is InChI=1S/C20H19N5O3S/c26-18(17-3-1-12-29-17)23-15-13-14(19(27)28)4-5-16(15)24-8-10-25(11-9-24)20-21-6-2-7-22-20/h1-7,12-13H,8-11H2,(H,23,26)(H,27,28). The van der Waals surface area contributed by atoms with Gasteiger partial charge in [0, 0.05) is 38.6 Å². The molecule has 2 aromatic heterocycles. The van der Waals surface area contributed by atoms with Crippen molar-refractivity contribution in [1.82, 2.24) is 9.97 Å². The Bertz CT molecular complexity index is 1000. The van der Waals surface area contributed by atoms with Gasteiger partial charge in [-0.25, -0.2) is 14.8 Å². The first-order valence-electron chi connectivity index (χ1n) is 9.11. The van der Waals surface area contributed by atoms with E-state index in [4.69, 9.17) is 0 Å². The van der Waals surface area contributed by atoms with Gasteiger partial charge in [-0.05, 0) is 35.7 Å². The number of rotatable bonds is 5. The highest BCUT2D eigenvalue weighted by atomic mass is 32.1. The fourth-order valence-corrected chi connectivity index (χ4v) is 3.86. The van der Waals surface area contributed by atoms with Crippen LogP contribution in [0, 0.1) is 0 Å². The number of carbonyl (C=O) groups is 2. The quantitative estimate of drug-likeness (QED) is 0.668. The third-order valence-electron chi connectivity index (χ3n) is 4.69. The summed E-state index contributed by atoms with van der Waals surface area (Å²) >= 11 is 1.34. The number of nitrogens with zero attached hydrogens (tertiary/aromatic N) is 4. The Balaban J connectivity index is 1.55. The molecule has 8 nitrogen and oxygen atoms in total. The molecule has 3 aromatic rings. The fourth-order valence-electron chi connectivity index (χ4n) is 3.24. The summed E-state index contributed by atoms with van der Waals surface area (Å²) in [5.41, 5.74) is 1.42. The van der Waals surface area contributed by atoms with Crippen LogP contribution < -0.4 is 15.1 Å².